The number of rotatable bonds is 5. The number of amides is 1. The maximum Gasteiger partial charge on any atom is 0.415 e. The van der Waals surface area contributed by atoms with Crippen LogP contribution in [0.1, 0.15) is 19.8 Å². The van der Waals surface area contributed by atoms with Gasteiger partial charge in [0.15, 0.2) is 0 Å². The van der Waals surface area contributed by atoms with Gasteiger partial charge in [-0.25, -0.2) is 4.57 Å². The van der Waals surface area contributed by atoms with Crippen molar-refractivity contribution in [3.63, 3.8) is 0 Å². The van der Waals surface area contributed by atoms with Gasteiger partial charge in [-0.15, -0.1) is 0 Å². The minimum atomic E-state index is -4.08. The lowest BCUT2D eigenvalue weighted by atomic mass is 10.4. The third kappa shape index (κ3) is 4.41. The van der Waals surface area contributed by atoms with Crippen LogP contribution in [0.5, 0.6) is 0 Å². The van der Waals surface area contributed by atoms with Gasteiger partial charge in [0.05, 0.1) is 6.61 Å². The van der Waals surface area contributed by atoms with Gasteiger partial charge in [0.1, 0.15) is 0 Å². The van der Waals surface area contributed by atoms with Gasteiger partial charge < -0.3 is 14.3 Å². The van der Waals surface area contributed by atoms with Crippen molar-refractivity contribution in [1.82, 2.24) is 4.90 Å². The molecule has 0 rings (SSSR count). The van der Waals surface area contributed by atoms with E-state index in [2.05, 4.69) is 4.52 Å². The van der Waals surface area contributed by atoms with Crippen LogP contribution in [-0.2, 0) is 9.09 Å². The molecular weight excluding hydrogens is 193 g/mol. The Labute approximate surface area is 78.2 Å². The van der Waals surface area contributed by atoms with Crippen LogP contribution in [0.2, 0.25) is 0 Å². The molecule has 1 N–H and O–H groups in total. The minimum absolute atomic E-state index is 0.143. The minimum Gasteiger partial charge on any atom is -0.338 e. The highest BCUT2D eigenvalue weighted by atomic mass is 31.2. The standard InChI is InChI=1S/C7H16NO4P/c1-4-5-6-12-13(10,11)7(9)8(2)3/h4-6H2,1-3H3,(H,10,11). The van der Waals surface area contributed by atoms with Gasteiger partial charge in [-0.3, -0.25) is 4.79 Å². The average molecular weight is 209 g/mol. The normalized spacial score (nSPS) is 15.1. The predicted molar refractivity (Wildman–Crippen MR) is 49.8 cm³/mol. The molecule has 0 aliphatic rings. The van der Waals surface area contributed by atoms with Crippen LogP contribution >= 0.6 is 7.60 Å². The van der Waals surface area contributed by atoms with Gasteiger partial charge in [0.2, 0.25) is 0 Å². The Bertz CT molecular complexity index is 217. The van der Waals surface area contributed by atoms with Crippen molar-refractivity contribution in [1.29, 1.82) is 0 Å². The molecule has 6 heteroatoms. The molecule has 1 atom stereocenters. The molecule has 78 valence electrons. The molecule has 0 aromatic heterocycles. The fourth-order valence-corrected chi connectivity index (χ4v) is 1.63. The van der Waals surface area contributed by atoms with E-state index in [1.54, 1.807) is 0 Å². The highest BCUT2D eigenvalue weighted by Gasteiger charge is 2.31. The van der Waals surface area contributed by atoms with Crippen LogP contribution < -0.4 is 0 Å². The first kappa shape index (κ1) is 12.6. The van der Waals surface area contributed by atoms with Crippen molar-refractivity contribution in [3.05, 3.63) is 0 Å². The van der Waals surface area contributed by atoms with Crippen molar-refractivity contribution in [3.8, 4) is 0 Å². The molecule has 0 aliphatic heterocycles. The van der Waals surface area contributed by atoms with Gasteiger partial charge in [-0.2, -0.15) is 0 Å². The van der Waals surface area contributed by atoms with E-state index in [1.165, 1.54) is 14.1 Å². The lowest BCUT2D eigenvalue weighted by molar-refractivity contribution is 0.212. The van der Waals surface area contributed by atoms with Gasteiger partial charge >= 0.3 is 13.2 Å². The Morgan fingerprint density at radius 2 is 2.08 bits per heavy atom. The van der Waals surface area contributed by atoms with E-state index in [-0.39, 0.29) is 6.61 Å². The molecule has 1 unspecified atom stereocenters. The molecule has 0 spiro atoms. The predicted octanol–water partition coefficient (Wildman–Crippen LogP) is 1.67. The third-order valence-electron chi connectivity index (χ3n) is 1.39. The van der Waals surface area contributed by atoms with Crippen LogP contribution in [0, 0.1) is 0 Å². The van der Waals surface area contributed by atoms with E-state index in [1.807, 2.05) is 6.92 Å². The molecule has 0 bridgehead atoms. The Morgan fingerprint density at radius 1 is 1.54 bits per heavy atom. The van der Waals surface area contributed by atoms with Crippen molar-refractivity contribution < 1.29 is 18.8 Å². The molecule has 0 aromatic rings. The lowest BCUT2D eigenvalue weighted by Gasteiger charge is -2.15. The second-order valence-corrected chi connectivity index (χ2v) is 4.57. The molecule has 13 heavy (non-hydrogen) atoms. The maximum absolute atomic E-state index is 11.2. The molecule has 0 aromatic carbocycles. The van der Waals surface area contributed by atoms with E-state index in [9.17, 15) is 9.36 Å². The maximum atomic E-state index is 11.2. The molecule has 0 saturated carbocycles. The van der Waals surface area contributed by atoms with Gasteiger partial charge in [0, 0.05) is 14.1 Å². The van der Waals surface area contributed by atoms with Crippen LogP contribution in [0.25, 0.3) is 0 Å². The molecule has 0 heterocycles. The summed E-state index contributed by atoms with van der Waals surface area (Å²) in [5.74, 6) is 0. The highest BCUT2D eigenvalue weighted by Crippen LogP contribution is 2.44. The largest absolute Gasteiger partial charge is 0.415 e. The summed E-state index contributed by atoms with van der Waals surface area (Å²) in [6, 6.07) is 0. The quantitative estimate of drug-likeness (QED) is 0.552. The van der Waals surface area contributed by atoms with Crippen molar-refractivity contribution >= 4 is 13.2 Å². The van der Waals surface area contributed by atoms with Gasteiger partial charge in [-0.1, -0.05) is 13.3 Å². The summed E-state index contributed by atoms with van der Waals surface area (Å²) in [5, 5.41) is 0. The molecule has 5 nitrogen and oxygen atoms in total. The lowest BCUT2D eigenvalue weighted by Crippen LogP contribution is -2.21. The highest BCUT2D eigenvalue weighted by molar-refractivity contribution is 7.70. The third-order valence-corrected chi connectivity index (χ3v) is 2.80. The molecular formula is C7H16NO4P. The topological polar surface area (TPSA) is 66.8 Å². The zero-order valence-electron chi connectivity index (χ0n) is 8.19. The number of unbranched alkanes of at least 4 members (excludes halogenated alkanes) is 1. The SMILES string of the molecule is CCCCOP(=O)(O)C(=O)N(C)C. The van der Waals surface area contributed by atoms with Crippen LogP contribution in [0.3, 0.4) is 0 Å². The number of carbonyl (C=O) groups excluding carboxylic acids is 1. The summed E-state index contributed by atoms with van der Waals surface area (Å²) in [7, 11) is -1.26. The van der Waals surface area contributed by atoms with Crippen LogP contribution in [-0.4, -0.2) is 36.1 Å². The van der Waals surface area contributed by atoms with Crippen LogP contribution in [0.4, 0.5) is 4.79 Å². The fraction of sp³-hybridized carbons (Fsp3) is 0.857. The Morgan fingerprint density at radius 3 is 2.46 bits per heavy atom. The van der Waals surface area contributed by atoms with Crippen molar-refractivity contribution in [2.24, 2.45) is 0 Å². The Balaban J connectivity index is 4.08. The number of nitrogens with zero attached hydrogens (tertiary/aromatic N) is 1. The number of hydrogen-bond donors (Lipinski definition) is 1. The van der Waals surface area contributed by atoms with E-state index in [0.717, 1.165) is 11.3 Å². The molecule has 0 fully saturated rings. The number of hydrogen-bond acceptors (Lipinski definition) is 3. The first-order chi connectivity index (χ1) is 5.91. The van der Waals surface area contributed by atoms with Crippen molar-refractivity contribution in [2.45, 2.75) is 19.8 Å². The fourth-order valence-electron chi connectivity index (χ4n) is 0.641. The summed E-state index contributed by atoms with van der Waals surface area (Å²) < 4.78 is 15.8. The van der Waals surface area contributed by atoms with Gasteiger partial charge in [-0.05, 0) is 6.42 Å². The summed E-state index contributed by atoms with van der Waals surface area (Å²) in [6.07, 6.45) is 1.53. The first-order valence-corrected chi connectivity index (χ1v) is 5.68. The smallest absolute Gasteiger partial charge is 0.338 e. The average Bonchev–Trinajstić information content (AvgIpc) is 2.03. The van der Waals surface area contributed by atoms with E-state index < -0.39 is 13.2 Å². The Kier molecular flexibility index (Phi) is 5.21. The van der Waals surface area contributed by atoms with E-state index in [4.69, 9.17) is 4.89 Å². The zero-order valence-corrected chi connectivity index (χ0v) is 9.08. The second kappa shape index (κ2) is 5.37. The Hall–Kier alpha value is -0.380. The van der Waals surface area contributed by atoms with Crippen LogP contribution in [0.15, 0.2) is 0 Å². The molecule has 0 saturated heterocycles. The number of carbonyl (C=O) groups is 1. The summed E-state index contributed by atoms with van der Waals surface area (Å²) in [4.78, 5) is 21.2. The zero-order chi connectivity index (χ0) is 10.5. The van der Waals surface area contributed by atoms with E-state index in [0.29, 0.717) is 6.42 Å². The van der Waals surface area contributed by atoms with Crippen molar-refractivity contribution in [2.75, 3.05) is 20.7 Å². The van der Waals surface area contributed by atoms with E-state index >= 15 is 0 Å². The summed E-state index contributed by atoms with van der Waals surface area (Å²) in [5.41, 5.74) is -0.872. The first-order valence-electron chi connectivity index (χ1n) is 4.11. The summed E-state index contributed by atoms with van der Waals surface area (Å²) >= 11 is 0. The molecule has 1 amide bonds. The monoisotopic (exact) mass is 209 g/mol. The van der Waals surface area contributed by atoms with Gasteiger partial charge in [0.25, 0.3) is 0 Å². The second-order valence-electron chi connectivity index (χ2n) is 2.88. The molecule has 0 radical (unpaired) electrons. The summed E-state index contributed by atoms with van der Waals surface area (Å²) in [6.45, 7) is 2.07. The molecule has 0 aliphatic carbocycles.